The summed E-state index contributed by atoms with van der Waals surface area (Å²) in [6.45, 7) is 0.589. The summed E-state index contributed by atoms with van der Waals surface area (Å²) in [7, 11) is 3.29. The number of rotatable bonds is 9. The zero-order valence-electron chi connectivity index (χ0n) is 17.9. The summed E-state index contributed by atoms with van der Waals surface area (Å²) < 4.78 is 16.4. The fourth-order valence-corrected chi connectivity index (χ4v) is 4.05. The number of nitrogens with zero attached hydrogens (tertiary/aromatic N) is 1. The lowest BCUT2D eigenvalue weighted by Gasteiger charge is -2.47. The predicted octanol–water partition coefficient (Wildman–Crippen LogP) is 5.27. The number of amides is 1. The van der Waals surface area contributed by atoms with E-state index in [0.29, 0.717) is 6.61 Å². The van der Waals surface area contributed by atoms with Crippen LogP contribution in [0.25, 0.3) is 0 Å². The molecule has 1 aliphatic heterocycles. The van der Waals surface area contributed by atoms with Crippen molar-refractivity contribution in [3.8, 4) is 17.2 Å². The van der Waals surface area contributed by atoms with E-state index in [1.807, 2.05) is 83.8 Å². The first-order chi connectivity index (χ1) is 15.2. The maximum absolute atomic E-state index is 13.1. The Morgan fingerprint density at radius 2 is 1.39 bits per heavy atom. The normalized spacial score (nSPS) is 17.7. The van der Waals surface area contributed by atoms with Crippen molar-refractivity contribution in [1.29, 1.82) is 0 Å². The Hall–Kier alpha value is -3.47. The molecule has 31 heavy (non-hydrogen) atoms. The van der Waals surface area contributed by atoms with Gasteiger partial charge < -0.3 is 19.1 Å². The first kappa shape index (κ1) is 20.8. The number of ether oxygens (including phenoxy) is 3. The molecule has 0 aliphatic carbocycles. The van der Waals surface area contributed by atoms with Crippen molar-refractivity contribution >= 4 is 11.6 Å². The highest BCUT2D eigenvalue weighted by molar-refractivity contribution is 6.03. The molecule has 160 valence electrons. The van der Waals surface area contributed by atoms with Gasteiger partial charge in [0.2, 0.25) is 5.91 Å². The molecule has 0 spiro atoms. The third-order valence-corrected chi connectivity index (χ3v) is 5.69. The van der Waals surface area contributed by atoms with Crippen LogP contribution in [-0.2, 0) is 4.79 Å². The minimum atomic E-state index is -0.0742. The average molecular weight is 418 g/mol. The third-order valence-electron chi connectivity index (χ3n) is 5.69. The van der Waals surface area contributed by atoms with Gasteiger partial charge in [-0.15, -0.1) is 0 Å². The van der Waals surface area contributed by atoms with Crippen molar-refractivity contribution in [3.05, 3.63) is 84.4 Å². The van der Waals surface area contributed by atoms with E-state index in [2.05, 4.69) is 0 Å². The lowest BCUT2D eigenvalue weighted by molar-refractivity contribution is -0.130. The van der Waals surface area contributed by atoms with Crippen molar-refractivity contribution in [2.75, 3.05) is 25.7 Å². The van der Waals surface area contributed by atoms with E-state index in [0.717, 1.165) is 41.3 Å². The maximum atomic E-state index is 13.1. The van der Waals surface area contributed by atoms with Crippen LogP contribution in [0, 0.1) is 5.92 Å². The largest absolute Gasteiger partial charge is 0.497 e. The highest BCUT2D eigenvalue weighted by Gasteiger charge is 2.48. The fourth-order valence-electron chi connectivity index (χ4n) is 4.05. The number of carbonyl (C=O) groups is 1. The van der Waals surface area contributed by atoms with E-state index >= 15 is 0 Å². The third kappa shape index (κ3) is 4.50. The summed E-state index contributed by atoms with van der Waals surface area (Å²) in [6.07, 6.45) is 1.59. The number of β-lactam (4-membered cyclic amide) rings is 1. The molecule has 0 radical (unpaired) electrons. The van der Waals surface area contributed by atoms with Crippen molar-refractivity contribution in [3.63, 3.8) is 0 Å². The molecule has 3 aromatic carbocycles. The monoisotopic (exact) mass is 417 g/mol. The average Bonchev–Trinajstić information content (AvgIpc) is 2.83. The highest BCUT2D eigenvalue weighted by atomic mass is 16.5. The Kier molecular flexibility index (Phi) is 6.41. The van der Waals surface area contributed by atoms with Gasteiger partial charge in [-0.2, -0.15) is 0 Å². The number of carbonyl (C=O) groups excluding carboxylic acids is 1. The predicted molar refractivity (Wildman–Crippen MR) is 121 cm³/mol. The SMILES string of the molecule is COc1ccc([C@@H]2[C@@H](CCCOc3ccccc3)C(=O)N2c2ccc(OC)cc2)cc1. The maximum Gasteiger partial charge on any atom is 0.233 e. The molecule has 0 N–H and O–H groups in total. The van der Waals surface area contributed by atoms with Crippen LogP contribution >= 0.6 is 0 Å². The standard InChI is InChI=1S/C26H27NO4/c1-29-21-14-10-19(11-15-21)25-24(9-6-18-31-23-7-4-3-5-8-23)26(28)27(25)20-12-16-22(30-2)17-13-20/h3-5,7-8,10-17,24-25H,6,9,18H2,1-2H3/t24-,25-/m1/s1. The molecule has 1 amide bonds. The molecule has 1 saturated heterocycles. The van der Waals surface area contributed by atoms with Crippen LogP contribution in [0.2, 0.25) is 0 Å². The van der Waals surface area contributed by atoms with E-state index in [-0.39, 0.29) is 17.9 Å². The molecule has 4 rings (SSSR count). The van der Waals surface area contributed by atoms with E-state index in [1.54, 1.807) is 14.2 Å². The van der Waals surface area contributed by atoms with Gasteiger partial charge in [-0.25, -0.2) is 0 Å². The molecule has 1 aliphatic rings. The van der Waals surface area contributed by atoms with E-state index in [1.165, 1.54) is 0 Å². The Labute approximate surface area is 183 Å². The van der Waals surface area contributed by atoms with Crippen LogP contribution in [-0.4, -0.2) is 26.7 Å². The Bertz CT molecular complexity index is 986. The molecule has 3 aromatic rings. The number of hydrogen-bond donors (Lipinski definition) is 0. The molecule has 2 atom stereocenters. The van der Waals surface area contributed by atoms with Crippen LogP contribution in [0.5, 0.6) is 17.2 Å². The second-order valence-electron chi connectivity index (χ2n) is 7.53. The fraction of sp³-hybridized carbons (Fsp3) is 0.269. The summed E-state index contributed by atoms with van der Waals surface area (Å²) in [4.78, 5) is 15.0. The minimum Gasteiger partial charge on any atom is -0.497 e. The lowest BCUT2D eigenvalue weighted by Crippen LogP contribution is -2.55. The number of hydrogen-bond acceptors (Lipinski definition) is 4. The molecule has 0 unspecified atom stereocenters. The van der Waals surface area contributed by atoms with E-state index in [4.69, 9.17) is 14.2 Å². The summed E-state index contributed by atoms with van der Waals surface area (Å²) in [5.41, 5.74) is 1.98. The summed E-state index contributed by atoms with van der Waals surface area (Å²) in [5, 5.41) is 0. The second-order valence-corrected chi connectivity index (χ2v) is 7.53. The van der Waals surface area contributed by atoms with Crippen LogP contribution in [0.4, 0.5) is 5.69 Å². The van der Waals surface area contributed by atoms with Gasteiger partial charge in [-0.3, -0.25) is 4.79 Å². The van der Waals surface area contributed by atoms with Crippen molar-refractivity contribution in [2.45, 2.75) is 18.9 Å². The topological polar surface area (TPSA) is 48.0 Å². The molecular formula is C26H27NO4. The number of benzene rings is 3. The van der Waals surface area contributed by atoms with Crippen molar-refractivity contribution in [1.82, 2.24) is 0 Å². The van der Waals surface area contributed by atoms with E-state index < -0.39 is 0 Å². The second kappa shape index (κ2) is 9.56. The lowest BCUT2D eigenvalue weighted by atomic mass is 9.79. The molecule has 1 heterocycles. The summed E-state index contributed by atoms with van der Waals surface area (Å²) in [6, 6.07) is 25.4. The summed E-state index contributed by atoms with van der Waals surface area (Å²) in [5.74, 6) is 2.50. The summed E-state index contributed by atoms with van der Waals surface area (Å²) >= 11 is 0. The van der Waals surface area contributed by atoms with Gasteiger partial charge in [0.05, 0.1) is 32.8 Å². The highest BCUT2D eigenvalue weighted by Crippen LogP contribution is 2.46. The number of anilines is 1. The molecular weight excluding hydrogens is 390 g/mol. The van der Waals surface area contributed by atoms with Gasteiger partial charge in [0.15, 0.2) is 0 Å². The van der Waals surface area contributed by atoms with E-state index in [9.17, 15) is 4.79 Å². The van der Waals surface area contributed by atoms with Gasteiger partial charge in [-0.1, -0.05) is 30.3 Å². The van der Waals surface area contributed by atoms with Gasteiger partial charge in [0.25, 0.3) is 0 Å². The Balaban J connectivity index is 1.48. The Morgan fingerprint density at radius 1 is 0.774 bits per heavy atom. The molecule has 0 bridgehead atoms. The molecule has 5 heteroatoms. The van der Waals surface area contributed by atoms with Crippen molar-refractivity contribution < 1.29 is 19.0 Å². The van der Waals surface area contributed by atoms with Crippen LogP contribution in [0.3, 0.4) is 0 Å². The van der Waals surface area contributed by atoms with Crippen LogP contribution < -0.4 is 19.1 Å². The minimum absolute atomic E-state index is 0.0106. The van der Waals surface area contributed by atoms with Crippen LogP contribution in [0.1, 0.15) is 24.4 Å². The number of para-hydroxylation sites is 1. The Morgan fingerprint density at radius 3 is 2.00 bits per heavy atom. The molecule has 0 saturated carbocycles. The van der Waals surface area contributed by atoms with Crippen molar-refractivity contribution in [2.24, 2.45) is 5.92 Å². The first-order valence-corrected chi connectivity index (χ1v) is 10.5. The molecule has 5 nitrogen and oxygen atoms in total. The van der Waals surface area contributed by atoms with Gasteiger partial charge in [0.1, 0.15) is 17.2 Å². The number of methoxy groups -OCH3 is 2. The zero-order valence-corrected chi connectivity index (χ0v) is 17.9. The quantitative estimate of drug-likeness (QED) is 0.352. The zero-order chi connectivity index (χ0) is 21.6. The van der Waals surface area contributed by atoms with Gasteiger partial charge in [-0.05, 0) is 66.9 Å². The first-order valence-electron chi connectivity index (χ1n) is 10.5. The van der Waals surface area contributed by atoms with Gasteiger partial charge >= 0.3 is 0 Å². The van der Waals surface area contributed by atoms with Gasteiger partial charge in [0, 0.05) is 5.69 Å². The molecule has 0 aromatic heterocycles. The van der Waals surface area contributed by atoms with Crippen LogP contribution in [0.15, 0.2) is 78.9 Å². The molecule has 1 fully saturated rings. The smallest absolute Gasteiger partial charge is 0.233 e.